The van der Waals surface area contributed by atoms with Crippen LogP contribution >= 0.6 is 0 Å². The first kappa shape index (κ1) is 9.01. The van der Waals surface area contributed by atoms with Crippen molar-refractivity contribution in [3.8, 4) is 0 Å². The third kappa shape index (κ3) is 7.01. The Balaban J connectivity index is 3.39. The number of nitrogens with two attached hydrogens (primary N) is 1. The van der Waals surface area contributed by atoms with Crippen LogP contribution in [-0.2, 0) is 0 Å². The van der Waals surface area contributed by atoms with Crippen LogP contribution in [0.25, 0.3) is 0 Å². The maximum atomic E-state index is 5.30. The Kier molecular flexibility index (Phi) is 4.37. The monoisotopic (exact) mass is 141 g/mol. The van der Waals surface area contributed by atoms with Gasteiger partial charge in [-0.15, -0.1) is 0 Å². The van der Waals surface area contributed by atoms with Crippen LogP contribution in [0.1, 0.15) is 20.8 Å². The number of nitrogens with zero attached hydrogens (tertiary/aromatic N) is 1. The van der Waals surface area contributed by atoms with Crippen LogP contribution in [0, 0.1) is 0 Å². The molecule has 3 N–H and O–H groups in total. The first-order chi connectivity index (χ1) is 4.63. The predicted octanol–water partition coefficient (Wildman–Crippen LogP) is 0.834. The number of hydrogen-bond acceptors (Lipinski definition) is 2. The average molecular weight is 141 g/mol. The Hall–Kier alpha value is -0.990. The summed E-state index contributed by atoms with van der Waals surface area (Å²) in [5.74, 6) is 0.606. The molecule has 0 spiro atoms. The zero-order valence-corrected chi connectivity index (χ0v) is 6.81. The van der Waals surface area contributed by atoms with Gasteiger partial charge in [-0.3, -0.25) is 4.99 Å². The van der Waals surface area contributed by atoms with Gasteiger partial charge in [-0.1, -0.05) is 5.57 Å². The van der Waals surface area contributed by atoms with E-state index in [4.69, 9.17) is 5.73 Å². The summed E-state index contributed by atoms with van der Waals surface area (Å²) in [5.41, 5.74) is 6.53. The second-order valence-electron chi connectivity index (χ2n) is 2.38. The van der Waals surface area contributed by atoms with Crippen molar-refractivity contribution >= 4 is 5.84 Å². The number of hydrogen-bond donors (Lipinski definition) is 2. The molecular formula is C7H15N3. The zero-order chi connectivity index (χ0) is 7.98. The first-order valence-corrected chi connectivity index (χ1v) is 3.26. The maximum absolute atomic E-state index is 5.30. The Morgan fingerprint density at radius 1 is 1.50 bits per heavy atom. The van der Waals surface area contributed by atoms with E-state index in [9.17, 15) is 0 Å². The summed E-state index contributed by atoms with van der Waals surface area (Å²) in [4.78, 5) is 3.94. The van der Waals surface area contributed by atoms with Crippen LogP contribution in [0.4, 0.5) is 0 Å². The summed E-state index contributed by atoms with van der Waals surface area (Å²) in [7, 11) is 0. The molecule has 0 aromatic rings. The molecular weight excluding hydrogens is 126 g/mol. The van der Waals surface area contributed by atoms with E-state index in [-0.39, 0.29) is 0 Å². The van der Waals surface area contributed by atoms with Crippen molar-refractivity contribution in [1.29, 1.82) is 0 Å². The molecule has 0 radical (unpaired) electrons. The lowest BCUT2D eigenvalue weighted by Gasteiger charge is -1.95. The third-order valence-corrected chi connectivity index (χ3v) is 0.810. The van der Waals surface area contributed by atoms with E-state index in [2.05, 4.69) is 10.3 Å². The first-order valence-electron chi connectivity index (χ1n) is 3.26. The average Bonchev–Trinajstić information content (AvgIpc) is 1.79. The molecule has 0 bridgehead atoms. The molecule has 10 heavy (non-hydrogen) atoms. The molecule has 0 aromatic carbocycles. The SMILES string of the molecule is CC(C)=CNCN=C(C)N. The van der Waals surface area contributed by atoms with E-state index in [1.165, 1.54) is 5.57 Å². The van der Waals surface area contributed by atoms with E-state index in [0.717, 1.165) is 0 Å². The molecule has 58 valence electrons. The molecule has 0 aromatic heterocycles. The molecule has 0 fully saturated rings. The van der Waals surface area contributed by atoms with Crippen molar-refractivity contribution in [3.05, 3.63) is 11.8 Å². The van der Waals surface area contributed by atoms with Crippen molar-refractivity contribution in [2.24, 2.45) is 10.7 Å². The fraction of sp³-hybridized carbons (Fsp3) is 0.571. The van der Waals surface area contributed by atoms with Gasteiger partial charge in [0.2, 0.25) is 0 Å². The largest absolute Gasteiger partial charge is 0.388 e. The van der Waals surface area contributed by atoms with Gasteiger partial charge in [0.05, 0.1) is 5.84 Å². The highest BCUT2D eigenvalue weighted by Crippen LogP contribution is 1.82. The van der Waals surface area contributed by atoms with Crippen molar-refractivity contribution in [2.75, 3.05) is 6.67 Å². The second-order valence-corrected chi connectivity index (χ2v) is 2.38. The fourth-order valence-electron chi connectivity index (χ4n) is 0.420. The number of aliphatic imine (C=N–C) groups is 1. The van der Waals surface area contributed by atoms with Crippen LogP contribution in [0.15, 0.2) is 16.8 Å². The highest BCUT2D eigenvalue weighted by Gasteiger charge is 1.77. The highest BCUT2D eigenvalue weighted by molar-refractivity contribution is 5.77. The van der Waals surface area contributed by atoms with Crippen molar-refractivity contribution in [2.45, 2.75) is 20.8 Å². The van der Waals surface area contributed by atoms with Gasteiger partial charge in [0, 0.05) is 0 Å². The topological polar surface area (TPSA) is 50.4 Å². The molecule has 0 rings (SSSR count). The molecule has 0 heterocycles. The van der Waals surface area contributed by atoms with Gasteiger partial charge >= 0.3 is 0 Å². The Morgan fingerprint density at radius 2 is 2.10 bits per heavy atom. The normalized spacial score (nSPS) is 10.9. The molecule has 0 aliphatic rings. The van der Waals surface area contributed by atoms with E-state index < -0.39 is 0 Å². The maximum Gasteiger partial charge on any atom is 0.109 e. The van der Waals surface area contributed by atoms with Crippen LogP contribution in [0.3, 0.4) is 0 Å². The highest BCUT2D eigenvalue weighted by atomic mass is 15.0. The van der Waals surface area contributed by atoms with Gasteiger partial charge in [-0.25, -0.2) is 0 Å². The molecule has 0 unspecified atom stereocenters. The number of rotatable bonds is 3. The van der Waals surface area contributed by atoms with Gasteiger partial charge in [-0.05, 0) is 27.0 Å². The lowest BCUT2D eigenvalue weighted by Crippen LogP contribution is -2.12. The van der Waals surface area contributed by atoms with Gasteiger partial charge < -0.3 is 11.1 Å². The Morgan fingerprint density at radius 3 is 2.50 bits per heavy atom. The summed E-state index contributed by atoms with van der Waals surface area (Å²) in [6.07, 6.45) is 1.91. The van der Waals surface area contributed by atoms with Crippen molar-refractivity contribution in [1.82, 2.24) is 5.32 Å². The van der Waals surface area contributed by atoms with Gasteiger partial charge in [0.25, 0.3) is 0 Å². The quantitative estimate of drug-likeness (QED) is 0.347. The number of nitrogens with one attached hydrogen (secondary N) is 1. The lowest BCUT2D eigenvalue weighted by molar-refractivity contribution is 0.872. The fourth-order valence-corrected chi connectivity index (χ4v) is 0.420. The minimum Gasteiger partial charge on any atom is -0.388 e. The summed E-state index contributed by atoms with van der Waals surface area (Å²) in [5, 5.41) is 2.99. The molecule has 0 saturated carbocycles. The number of amidine groups is 1. The van der Waals surface area contributed by atoms with E-state index >= 15 is 0 Å². The summed E-state index contributed by atoms with van der Waals surface area (Å²) in [6.45, 7) is 6.37. The number of allylic oxidation sites excluding steroid dienone is 1. The standard InChI is InChI=1S/C7H15N3/c1-6(2)4-9-5-10-7(3)8/h4,9H,5H2,1-3H3,(H2,8,10). The van der Waals surface area contributed by atoms with E-state index in [1.807, 2.05) is 20.0 Å². The van der Waals surface area contributed by atoms with Crippen LogP contribution < -0.4 is 11.1 Å². The van der Waals surface area contributed by atoms with Gasteiger partial charge in [0.15, 0.2) is 0 Å². The molecule has 0 atom stereocenters. The third-order valence-electron chi connectivity index (χ3n) is 0.810. The van der Waals surface area contributed by atoms with Gasteiger partial charge in [-0.2, -0.15) is 0 Å². The van der Waals surface area contributed by atoms with Crippen molar-refractivity contribution in [3.63, 3.8) is 0 Å². The predicted molar refractivity (Wildman–Crippen MR) is 44.7 cm³/mol. The molecule has 0 aliphatic carbocycles. The van der Waals surface area contributed by atoms with Crippen LogP contribution in [0.2, 0.25) is 0 Å². The summed E-state index contributed by atoms with van der Waals surface area (Å²) in [6, 6.07) is 0. The minimum absolute atomic E-state index is 0.563. The molecule has 0 amide bonds. The smallest absolute Gasteiger partial charge is 0.109 e. The summed E-state index contributed by atoms with van der Waals surface area (Å²) < 4.78 is 0. The molecule has 0 aliphatic heterocycles. The Labute approximate surface area is 62.0 Å². The molecule has 3 heteroatoms. The molecule has 3 nitrogen and oxygen atoms in total. The van der Waals surface area contributed by atoms with Crippen LogP contribution in [-0.4, -0.2) is 12.5 Å². The van der Waals surface area contributed by atoms with E-state index in [0.29, 0.717) is 12.5 Å². The van der Waals surface area contributed by atoms with E-state index in [1.54, 1.807) is 6.92 Å². The Bertz CT molecular complexity index is 121. The zero-order valence-electron chi connectivity index (χ0n) is 6.81. The lowest BCUT2D eigenvalue weighted by atomic mass is 10.4. The molecule has 0 saturated heterocycles. The second kappa shape index (κ2) is 4.85. The van der Waals surface area contributed by atoms with Crippen LogP contribution in [0.5, 0.6) is 0 Å². The minimum atomic E-state index is 0.563. The van der Waals surface area contributed by atoms with Crippen molar-refractivity contribution < 1.29 is 0 Å². The van der Waals surface area contributed by atoms with Gasteiger partial charge in [0.1, 0.15) is 6.67 Å². The summed E-state index contributed by atoms with van der Waals surface area (Å²) >= 11 is 0.